The van der Waals surface area contributed by atoms with Crippen molar-refractivity contribution in [3.8, 4) is 0 Å². The number of rotatable bonds is 2. The zero-order chi connectivity index (χ0) is 18.1. The van der Waals surface area contributed by atoms with Crippen molar-refractivity contribution in [1.82, 2.24) is 9.80 Å². The molecule has 1 amide bonds. The normalized spacial score (nSPS) is 22.9. The van der Waals surface area contributed by atoms with Gasteiger partial charge in [0.05, 0.1) is 6.61 Å². The van der Waals surface area contributed by atoms with Crippen LogP contribution >= 0.6 is 0 Å². The third-order valence-electron chi connectivity index (χ3n) is 6.43. The minimum Gasteiger partial charge on any atom is -0.450 e. The van der Waals surface area contributed by atoms with Crippen LogP contribution in [0.3, 0.4) is 0 Å². The molecule has 5 nitrogen and oxygen atoms in total. The number of carbonyl (C=O) groups is 1. The van der Waals surface area contributed by atoms with Gasteiger partial charge in [0.15, 0.2) is 0 Å². The summed E-state index contributed by atoms with van der Waals surface area (Å²) in [7, 11) is 0. The summed E-state index contributed by atoms with van der Waals surface area (Å²) in [4.78, 5) is 16.2. The molecule has 3 aliphatic heterocycles. The lowest BCUT2D eigenvalue weighted by atomic mass is 9.74. The van der Waals surface area contributed by atoms with Gasteiger partial charge in [0, 0.05) is 38.2 Å². The van der Waals surface area contributed by atoms with E-state index in [1.165, 1.54) is 6.07 Å². The van der Waals surface area contributed by atoms with E-state index in [-0.39, 0.29) is 18.8 Å². The third-order valence-corrected chi connectivity index (χ3v) is 6.43. The average molecular weight is 363 g/mol. The van der Waals surface area contributed by atoms with Crippen molar-refractivity contribution in [3.63, 3.8) is 0 Å². The maximum absolute atomic E-state index is 13.7. The summed E-state index contributed by atoms with van der Waals surface area (Å²) in [6, 6.07) is 5.68. The molecule has 2 saturated heterocycles. The Labute approximate surface area is 156 Å². The number of piperidine rings is 2. The summed E-state index contributed by atoms with van der Waals surface area (Å²) in [6.07, 6.45) is 3.97. The van der Waals surface area contributed by atoms with Crippen LogP contribution in [0.25, 0.3) is 0 Å². The molecule has 1 aromatic carbocycles. The van der Waals surface area contributed by atoms with E-state index in [1.54, 1.807) is 6.07 Å². The molecule has 1 spiro atoms. The number of fused-ring (bicyclic) bond motifs is 2. The first-order valence-electron chi connectivity index (χ1n) is 9.81. The fourth-order valence-electron chi connectivity index (χ4n) is 4.86. The maximum atomic E-state index is 13.7. The van der Waals surface area contributed by atoms with Gasteiger partial charge in [0.25, 0.3) is 0 Å². The van der Waals surface area contributed by atoms with Gasteiger partial charge in [0.1, 0.15) is 5.82 Å². The van der Waals surface area contributed by atoms with Crippen molar-refractivity contribution < 1.29 is 15.3 Å². The molecule has 2 fully saturated rings. The van der Waals surface area contributed by atoms with Crippen LogP contribution in [-0.2, 0) is 10.2 Å². The van der Waals surface area contributed by atoms with Crippen LogP contribution in [0, 0.1) is 5.82 Å². The van der Waals surface area contributed by atoms with Crippen LogP contribution in [0.1, 0.15) is 39.6 Å². The topological polar surface area (TPSA) is 44.8 Å². The summed E-state index contributed by atoms with van der Waals surface area (Å²) in [5, 5.41) is 3.47. The van der Waals surface area contributed by atoms with E-state index in [1.807, 2.05) is 17.9 Å². The monoisotopic (exact) mass is 363 g/mol. The first-order valence-corrected chi connectivity index (χ1v) is 9.81. The highest BCUT2D eigenvalue weighted by molar-refractivity contribution is 5.67. The predicted molar refractivity (Wildman–Crippen MR) is 101 cm³/mol. The average Bonchev–Trinajstić information content (AvgIpc) is 3.00. The summed E-state index contributed by atoms with van der Waals surface area (Å²) >= 11 is 0. The number of carbonyl (C=O) groups excluding carboxylic acids is 1. The molecule has 0 aromatic heterocycles. The summed E-state index contributed by atoms with van der Waals surface area (Å²) in [5.41, 5.74) is 2.34. The molecule has 0 bridgehead atoms. The fraction of sp³-hybridized carbons (Fsp3) is 0.650. The Bertz CT molecular complexity index is 671. The molecule has 3 aliphatic rings. The van der Waals surface area contributed by atoms with E-state index < -0.39 is 0 Å². The molecule has 1 aromatic rings. The highest BCUT2D eigenvalue weighted by Crippen LogP contribution is 2.44. The summed E-state index contributed by atoms with van der Waals surface area (Å²) in [6.45, 7) is 6.84. The second kappa shape index (κ2) is 7.06. The van der Waals surface area contributed by atoms with Crippen LogP contribution in [0.15, 0.2) is 18.2 Å². The molecule has 0 radical (unpaired) electrons. The lowest BCUT2D eigenvalue weighted by Crippen LogP contribution is -2.52. The quantitative estimate of drug-likeness (QED) is 0.874. The van der Waals surface area contributed by atoms with Gasteiger partial charge in [0.2, 0.25) is 0 Å². The van der Waals surface area contributed by atoms with Crippen molar-refractivity contribution in [2.24, 2.45) is 0 Å². The van der Waals surface area contributed by atoms with Gasteiger partial charge in [-0.3, -0.25) is 0 Å². The van der Waals surface area contributed by atoms with Gasteiger partial charge in [-0.1, -0.05) is 0 Å². The van der Waals surface area contributed by atoms with E-state index >= 15 is 0 Å². The molecule has 0 atom stereocenters. The second-order valence-electron chi connectivity index (χ2n) is 7.78. The van der Waals surface area contributed by atoms with Crippen LogP contribution < -0.4 is 5.32 Å². The highest BCUT2D eigenvalue weighted by atomic mass is 19.1. The number of benzene rings is 1. The Balaban J connectivity index is 0.00000210. The van der Waals surface area contributed by atoms with Crippen molar-refractivity contribution in [3.05, 3.63) is 29.6 Å². The Morgan fingerprint density at radius 2 is 2.04 bits per heavy atom. The summed E-state index contributed by atoms with van der Waals surface area (Å²) in [5.74, 6) is -0.138. The fourth-order valence-corrected chi connectivity index (χ4v) is 4.86. The molecule has 1 N–H and O–H groups in total. The molecule has 4 rings (SSSR count). The Kier molecular flexibility index (Phi) is 4.78. The number of anilines is 1. The van der Waals surface area contributed by atoms with E-state index in [4.69, 9.17) is 4.74 Å². The van der Waals surface area contributed by atoms with Gasteiger partial charge >= 0.3 is 6.09 Å². The molecule has 144 valence electrons. The molecular formula is C20H30FN3O2. The molecule has 0 unspecified atom stereocenters. The van der Waals surface area contributed by atoms with E-state index in [0.29, 0.717) is 12.6 Å². The van der Waals surface area contributed by atoms with Crippen LogP contribution in [0.4, 0.5) is 14.9 Å². The number of halogens is 1. The number of hydrogen-bond acceptors (Lipinski definition) is 4. The highest BCUT2D eigenvalue weighted by Gasteiger charge is 2.43. The SMILES string of the molecule is CCOC(=O)N1CCC(N2CCC3(CC2)CNc2ccc(F)cc23)CC1.[HH]. The largest absolute Gasteiger partial charge is 0.450 e. The van der Waals surface area contributed by atoms with Gasteiger partial charge in [-0.15, -0.1) is 0 Å². The van der Waals surface area contributed by atoms with Crippen LogP contribution in [-0.4, -0.2) is 61.3 Å². The van der Waals surface area contributed by atoms with E-state index in [2.05, 4.69) is 10.2 Å². The molecule has 0 aliphatic carbocycles. The molecule has 0 saturated carbocycles. The van der Waals surface area contributed by atoms with Crippen LogP contribution in [0.5, 0.6) is 0 Å². The zero-order valence-electron chi connectivity index (χ0n) is 15.5. The number of ether oxygens (including phenoxy) is 1. The molecule has 26 heavy (non-hydrogen) atoms. The lowest BCUT2D eigenvalue weighted by molar-refractivity contribution is 0.0584. The maximum Gasteiger partial charge on any atom is 0.409 e. The van der Waals surface area contributed by atoms with Gasteiger partial charge in [-0.2, -0.15) is 0 Å². The smallest absolute Gasteiger partial charge is 0.409 e. The first-order chi connectivity index (χ1) is 12.6. The van der Waals surface area contributed by atoms with Crippen molar-refractivity contribution in [2.75, 3.05) is 44.6 Å². The zero-order valence-corrected chi connectivity index (χ0v) is 15.5. The number of amides is 1. The standard InChI is InChI=1S/C20H28FN3O2.H2/c1-2-26-19(25)24-9-5-16(6-10-24)23-11-7-20(8-12-23)14-22-18-4-3-15(21)13-17(18)20;/h3-4,13,16,22H,2,5-12,14H2,1H3;1H. The minimum atomic E-state index is -0.181. The molecule has 3 heterocycles. The van der Waals surface area contributed by atoms with Gasteiger partial charge in [-0.25, -0.2) is 9.18 Å². The van der Waals surface area contributed by atoms with Crippen molar-refractivity contribution in [2.45, 2.75) is 44.1 Å². The lowest BCUT2D eigenvalue weighted by Gasteiger charge is -2.45. The molecule has 6 heteroatoms. The second-order valence-corrected chi connectivity index (χ2v) is 7.78. The number of nitrogens with zero attached hydrogens (tertiary/aromatic N) is 2. The number of hydrogen-bond donors (Lipinski definition) is 1. The first kappa shape index (κ1) is 17.6. The predicted octanol–water partition coefficient (Wildman–Crippen LogP) is 3.45. The summed E-state index contributed by atoms with van der Waals surface area (Å²) < 4.78 is 18.8. The van der Waals surface area contributed by atoms with Crippen molar-refractivity contribution in [1.29, 1.82) is 0 Å². The number of nitrogens with one attached hydrogen (secondary N) is 1. The van der Waals surface area contributed by atoms with Crippen LogP contribution in [0.2, 0.25) is 0 Å². The Morgan fingerprint density at radius 1 is 1.31 bits per heavy atom. The van der Waals surface area contributed by atoms with E-state index in [0.717, 1.165) is 69.7 Å². The van der Waals surface area contributed by atoms with Gasteiger partial charge in [-0.05, 0) is 69.5 Å². The minimum absolute atomic E-state index is 0. The van der Waals surface area contributed by atoms with Gasteiger partial charge < -0.3 is 19.9 Å². The van der Waals surface area contributed by atoms with E-state index in [9.17, 15) is 9.18 Å². The third kappa shape index (κ3) is 3.15. The number of likely N-dealkylation sites (tertiary alicyclic amines) is 2. The Morgan fingerprint density at radius 3 is 2.73 bits per heavy atom. The Hall–Kier alpha value is -1.82. The molecular weight excluding hydrogens is 333 g/mol. The van der Waals surface area contributed by atoms with Crippen molar-refractivity contribution >= 4 is 11.8 Å².